The van der Waals surface area contributed by atoms with Crippen LogP contribution >= 0.6 is 0 Å². The molecule has 2 aliphatic heterocycles. The monoisotopic (exact) mass is 1180 g/mol. The molecule has 15 rings (SSSR count). The average molecular weight is 1190 g/mol. The molecular weight excluding hydrogens is 1110 g/mol. The number of nitrogens with zero attached hydrogens (tertiary/aromatic N) is 4. The van der Waals surface area contributed by atoms with Gasteiger partial charge < -0.3 is 28.4 Å². The summed E-state index contributed by atoms with van der Waals surface area (Å²) in [6, 6.07) is 92.4. The molecule has 11 aromatic carbocycles. The second-order valence-electron chi connectivity index (χ2n) is 29.1. The summed E-state index contributed by atoms with van der Waals surface area (Å²) >= 11 is 0. The fraction of sp³-hybridized carbons (Fsp3) is 0.190. The molecule has 6 nitrogen and oxygen atoms in total. The molecule has 0 atom stereocenters. The predicted molar refractivity (Wildman–Crippen MR) is 387 cm³/mol. The Labute approximate surface area is 536 Å². The Balaban J connectivity index is 1.04. The molecule has 2 aliphatic rings. The molecule has 0 fully saturated rings. The quantitative estimate of drug-likeness (QED) is 0.134. The summed E-state index contributed by atoms with van der Waals surface area (Å²) in [4.78, 5) is 9.97. The Morgan fingerprint density at radius 3 is 1.38 bits per heavy atom. The molecule has 0 bridgehead atoms. The van der Waals surface area contributed by atoms with Crippen molar-refractivity contribution in [1.29, 1.82) is 0 Å². The van der Waals surface area contributed by atoms with Crippen molar-refractivity contribution in [2.24, 2.45) is 0 Å². The Hall–Kier alpha value is -9.98. The SMILES string of the molecule is CC(C)(C)c1ccc(N(c2ccc(C(C)(C)C)cc2)c2cc3c4c(c2)N(c2ccc(C(C)(C)C)cc2)c2ccc(C(C)(C)C)cc2B4c2cc(N(c4ccccc4)c4cccc5c4oc4ccccc45)ccc2N3c2ccc(-c3cc4ccccc4o3)cc2)cc1. The first-order valence-corrected chi connectivity index (χ1v) is 32.2. The number of rotatable bonds is 9. The van der Waals surface area contributed by atoms with E-state index in [-0.39, 0.29) is 28.4 Å². The van der Waals surface area contributed by atoms with Crippen molar-refractivity contribution in [1.82, 2.24) is 0 Å². The van der Waals surface area contributed by atoms with Crippen molar-refractivity contribution in [2.75, 3.05) is 19.6 Å². The van der Waals surface area contributed by atoms with Crippen LogP contribution in [0.1, 0.15) is 105 Å². The average Bonchev–Trinajstić information content (AvgIpc) is 1.10. The van der Waals surface area contributed by atoms with Gasteiger partial charge >= 0.3 is 0 Å². The zero-order valence-corrected chi connectivity index (χ0v) is 54.4. The van der Waals surface area contributed by atoms with Crippen LogP contribution < -0.4 is 36.0 Å². The number of hydrogen-bond donors (Lipinski definition) is 0. The molecule has 7 heteroatoms. The molecule has 0 unspecified atom stereocenters. The topological polar surface area (TPSA) is 39.2 Å². The molecule has 0 saturated heterocycles. The van der Waals surface area contributed by atoms with Crippen LogP contribution in [0.3, 0.4) is 0 Å². The summed E-state index contributed by atoms with van der Waals surface area (Å²) in [6.07, 6.45) is 0. The number of benzene rings is 11. The van der Waals surface area contributed by atoms with Crippen LogP contribution in [0.25, 0.3) is 44.2 Å². The van der Waals surface area contributed by atoms with Crippen LogP contribution in [0.4, 0.5) is 68.2 Å². The van der Waals surface area contributed by atoms with Crippen LogP contribution in [-0.2, 0) is 21.7 Å². The van der Waals surface area contributed by atoms with Crippen LogP contribution in [0.2, 0.25) is 0 Å². The van der Waals surface area contributed by atoms with Crippen molar-refractivity contribution >= 4 is 124 Å². The molecule has 2 aromatic heterocycles. The van der Waals surface area contributed by atoms with Crippen LogP contribution in [0.5, 0.6) is 0 Å². The molecule has 0 spiro atoms. The maximum absolute atomic E-state index is 6.91. The fourth-order valence-electron chi connectivity index (χ4n) is 13.9. The van der Waals surface area contributed by atoms with Gasteiger partial charge in [0.05, 0.1) is 11.4 Å². The van der Waals surface area contributed by atoms with Gasteiger partial charge in [-0.25, -0.2) is 0 Å². The van der Waals surface area contributed by atoms with Gasteiger partial charge in [-0.1, -0.05) is 198 Å². The van der Waals surface area contributed by atoms with Gasteiger partial charge in [-0.3, -0.25) is 0 Å². The first-order valence-electron chi connectivity index (χ1n) is 32.2. The summed E-state index contributed by atoms with van der Waals surface area (Å²) in [7, 11) is 0. The molecule has 0 radical (unpaired) electrons. The lowest BCUT2D eigenvalue weighted by molar-refractivity contribution is 0.590. The number of anilines is 12. The minimum absolute atomic E-state index is 0.0292. The van der Waals surface area contributed by atoms with Crippen molar-refractivity contribution in [2.45, 2.75) is 105 Å². The lowest BCUT2D eigenvalue weighted by Gasteiger charge is -2.45. The molecule has 0 aliphatic carbocycles. The van der Waals surface area contributed by atoms with Gasteiger partial charge in [-0.15, -0.1) is 0 Å². The summed E-state index contributed by atoms with van der Waals surface area (Å²) < 4.78 is 13.5. The smallest absolute Gasteiger partial charge is 0.252 e. The molecule has 91 heavy (non-hydrogen) atoms. The molecule has 13 aromatic rings. The second kappa shape index (κ2) is 21.3. The minimum atomic E-state index is -0.215. The van der Waals surface area contributed by atoms with Gasteiger partial charge in [-0.2, -0.15) is 0 Å². The lowest BCUT2D eigenvalue weighted by atomic mass is 9.33. The highest BCUT2D eigenvalue weighted by Gasteiger charge is 2.45. The van der Waals surface area contributed by atoms with Gasteiger partial charge in [0.1, 0.15) is 16.9 Å². The Morgan fingerprint density at radius 2 is 0.802 bits per heavy atom. The lowest BCUT2D eigenvalue weighted by Crippen LogP contribution is -2.61. The molecule has 4 heterocycles. The van der Waals surface area contributed by atoms with Gasteiger partial charge in [0.15, 0.2) is 5.58 Å². The third kappa shape index (κ3) is 10.1. The predicted octanol–water partition coefficient (Wildman–Crippen LogP) is 22.2. The number of fused-ring (bicyclic) bond motifs is 8. The summed E-state index contributed by atoms with van der Waals surface area (Å²) in [6.45, 7) is 27.4. The minimum Gasteiger partial charge on any atom is -0.456 e. The highest BCUT2D eigenvalue weighted by atomic mass is 16.3. The van der Waals surface area contributed by atoms with Crippen LogP contribution in [0.15, 0.2) is 258 Å². The van der Waals surface area contributed by atoms with Gasteiger partial charge in [0, 0.05) is 78.6 Å². The van der Waals surface area contributed by atoms with Crippen LogP contribution in [0, 0.1) is 0 Å². The van der Waals surface area contributed by atoms with Crippen molar-refractivity contribution < 1.29 is 8.83 Å². The van der Waals surface area contributed by atoms with E-state index >= 15 is 0 Å². The molecule has 0 saturated carbocycles. The summed E-state index contributed by atoms with van der Waals surface area (Å²) in [5, 5.41) is 3.25. The first kappa shape index (κ1) is 57.5. The van der Waals surface area contributed by atoms with E-state index in [1.807, 2.05) is 12.1 Å². The molecule has 0 N–H and O–H groups in total. The maximum Gasteiger partial charge on any atom is 0.252 e. The van der Waals surface area contributed by atoms with E-state index in [0.29, 0.717) is 0 Å². The van der Waals surface area contributed by atoms with Gasteiger partial charge in [0.2, 0.25) is 0 Å². The van der Waals surface area contributed by atoms with E-state index in [0.717, 1.165) is 112 Å². The van der Waals surface area contributed by atoms with Gasteiger partial charge in [-0.05, 0) is 194 Å². The fourth-order valence-corrected chi connectivity index (χ4v) is 13.9. The maximum atomic E-state index is 6.91. The van der Waals surface area contributed by atoms with E-state index in [9.17, 15) is 0 Å². The Bertz CT molecular complexity index is 4830. The third-order valence-corrected chi connectivity index (χ3v) is 18.9. The standard InChI is InChI=1S/C84H77BN4O2/c1-81(2,3)56-31-40-61(41-32-56)86(62-42-33-57(34-43-62)82(4,5)6)66-52-74-79-75(53-66)89(64-44-35-58(36-45-64)83(7,8)9)71-47-37-59(84(10,11)12)50-69(71)85(79)70-51-65(46-48-72(70)88(74)63-38-29-54(30-39-63)78-49-55-21-16-18-27-76(55)90-78)87(60-22-14-13-15-23-60)73-26-20-25-68-67-24-17-19-28-77(67)91-80(68)73/h13-53H,1-12H3. The van der Waals surface area contributed by atoms with Crippen LogP contribution in [-0.4, -0.2) is 6.71 Å². The molecular formula is C84H77BN4O2. The number of para-hydroxylation sites is 4. The van der Waals surface area contributed by atoms with Crippen molar-refractivity contribution in [3.05, 3.63) is 271 Å². The van der Waals surface area contributed by atoms with E-state index in [1.54, 1.807) is 0 Å². The van der Waals surface area contributed by atoms with Gasteiger partial charge in [0.25, 0.3) is 6.71 Å². The second-order valence-corrected chi connectivity index (χ2v) is 29.1. The van der Waals surface area contributed by atoms with E-state index < -0.39 is 0 Å². The van der Waals surface area contributed by atoms with E-state index in [2.05, 4.69) is 339 Å². The largest absolute Gasteiger partial charge is 0.456 e. The highest BCUT2D eigenvalue weighted by molar-refractivity contribution is 7.00. The highest BCUT2D eigenvalue weighted by Crippen LogP contribution is 2.51. The van der Waals surface area contributed by atoms with E-state index in [4.69, 9.17) is 8.83 Å². The number of hydrogen-bond acceptors (Lipinski definition) is 6. The number of furan rings is 2. The normalized spacial score (nSPS) is 13.2. The van der Waals surface area contributed by atoms with E-state index in [1.165, 1.54) is 38.6 Å². The molecule has 448 valence electrons. The van der Waals surface area contributed by atoms with Crippen molar-refractivity contribution in [3.8, 4) is 11.3 Å². The third-order valence-electron chi connectivity index (χ3n) is 18.9. The summed E-state index contributed by atoms with van der Waals surface area (Å²) in [5.41, 5.74) is 25.0. The zero-order chi connectivity index (χ0) is 62.9. The zero-order valence-electron chi connectivity index (χ0n) is 54.4. The summed E-state index contributed by atoms with van der Waals surface area (Å²) in [5.74, 6) is 0.835. The molecule has 0 amide bonds. The Kier molecular flexibility index (Phi) is 13.5. The van der Waals surface area contributed by atoms with Crippen molar-refractivity contribution in [3.63, 3.8) is 0 Å². The Morgan fingerprint density at radius 1 is 0.330 bits per heavy atom. The first-order chi connectivity index (χ1) is 43.6.